The number of hydrogen-bond acceptors (Lipinski definition) is 8. The highest BCUT2D eigenvalue weighted by Crippen LogP contribution is 2.30. The highest BCUT2D eigenvalue weighted by molar-refractivity contribution is 5.76. The van der Waals surface area contributed by atoms with Crippen LogP contribution in [0.5, 0.6) is 0 Å². The number of aliphatic carboxylic acids is 1. The summed E-state index contributed by atoms with van der Waals surface area (Å²) in [6.45, 7) is 0.256. The fraction of sp³-hybridized carbons (Fsp3) is 0.818. The number of carboxylic acids is 1. The van der Waals surface area contributed by atoms with Gasteiger partial charge in [-0.25, -0.2) is 4.79 Å². The first-order valence-corrected chi connectivity index (χ1v) is 6.18. The van der Waals surface area contributed by atoms with Crippen LogP contribution in [0.25, 0.3) is 0 Å². The molecule has 1 aliphatic rings. The summed E-state index contributed by atoms with van der Waals surface area (Å²) in [5, 5.41) is 59.0. The molecule has 0 bridgehead atoms. The first-order chi connectivity index (χ1) is 9.62. The molecule has 0 aromatic heterocycles. The number of hydrogen-bond donors (Lipinski definition) is 7. The van der Waals surface area contributed by atoms with Gasteiger partial charge in [0.05, 0.1) is 18.8 Å². The molecule has 1 aliphatic heterocycles. The summed E-state index contributed by atoms with van der Waals surface area (Å²) in [6, 6.07) is -1.27. The van der Waals surface area contributed by atoms with Gasteiger partial charge >= 0.3 is 5.97 Å². The molecule has 1 fully saturated rings. The fourth-order valence-corrected chi connectivity index (χ4v) is 2.14. The minimum atomic E-state index is -2.78. The van der Waals surface area contributed by atoms with Crippen molar-refractivity contribution >= 4 is 11.9 Å². The van der Waals surface area contributed by atoms with Crippen LogP contribution in [-0.2, 0) is 14.3 Å². The third-order valence-electron chi connectivity index (χ3n) is 3.21. The normalized spacial score (nSPS) is 35.8. The Kier molecular flexibility index (Phi) is 5.61. The van der Waals surface area contributed by atoms with Crippen molar-refractivity contribution in [1.82, 2.24) is 5.32 Å². The number of rotatable bonds is 5. The average molecular weight is 309 g/mol. The molecule has 21 heavy (non-hydrogen) atoms. The number of amides is 1. The second kappa shape index (κ2) is 6.64. The minimum Gasteiger partial charge on any atom is -0.477 e. The Morgan fingerprint density at radius 1 is 1.43 bits per heavy atom. The van der Waals surface area contributed by atoms with E-state index < -0.39 is 61.1 Å². The van der Waals surface area contributed by atoms with Crippen LogP contribution in [0.3, 0.4) is 0 Å². The zero-order valence-corrected chi connectivity index (χ0v) is 11.2. The van der Waals surface area contributed by atoms with Crippen molar-refractivity contribution in [2.45, 2.75) is 49.6 Å². The maximum Gasteiger partial charge on any atom is 0.364 e. The number of carboxylic acid groups (broad SMARTS) is 1. The second-order valence-corrected chi connectivity index (χ2v) is 4.91. The lowest BCUT2D eigenvalue weighted by atomic mass is 9.88. The van der Waals surface area contributed by atoms with Gasteiger partial charge in [0.15, 0.2) is 0 Å². The maximum absolute atomic E-state index is 11.1. The van der Waals surface area contributed by atoms with E-state index in [2.05, 4.69) is 5.32 Å². The van der Waals surface area contributed by atoms with E-state index in [1.165, 1.54) is 0 Å². The number of aliphatic hydroxyl groups is 5. The number of nitrogens with one attached hydrogen (secondary N) is 1. The SMILES string of the molecule is CC(=O)N[C@H]1[C@@H]([C@@H](O)[C@H](O)CO)O[C@@](O)(C(=O)O)C[C@@H]1O. The summed E-state index contributed by atoms with van der Waals surface area (Å²) >= 11 is 0. The Labute approximate surface area is 119 Å². The van der Waals surface area contributed by atoms with E-state index in [-0.39, 0.29) is 0 Å². The van der Waals surface area contributed by atoms with Crippen molar-refractivity contribution in [3.63, 3.8) is 0 Å². The third-order valence-corrected chi connectivity index (χ3v) is 3.21. The molecule has 1 rings (SSSR count). The number of carbonyl (C=O) groups excluding carboxylic acids is 1. The quantitative estimate of drug-likeness (QED) is 0.268. The third kappa shape index (κ3) is 3.87. The predicted molar refractivity (Wildman–Crippen MR) is 64.8 cm³/mol. The van der Waals surface area contributed by atoms with Gasteiger partial charge in [-0.2, -0.15) is 0 Å². The summed E-state index contributed by atoms with van der Waals surface area (Å²) in [7, 11) is 0. The zero-order chi connectivity index (χ0) is 16.4. The topological polar surface area (TPSA) is 177 Å². The molecule has 1 saturated heterocycles. The second-order valence-electron chi connectivity index (χ2n) is 4.91. The van der Waals surface area contributed by atoms with Gasteiger partial charge < -0.3 is 40.7 Å². The van der Waals surface area contributed by atoms with Crippen LogP contribution >= 0.6 is 0 Å². The van der Waals surface area contributed by atoms with Crippen LogP contribution in [0.2, 0.25) is 0 Å². The van der Waals surface area contributed by atoms with Crippen LogP contribution < -0.4 is 5.32 Å². The Morgan fingerprint density at radius 2 is 2.00 bits per heavy atom. The van der Waals surface area contributed by atoms with Gasteiger partial charge in [-0.1, -0.05) is 0 Å². The molecule has 6 atom stereocenters. The van der Waals surface area contributed by atoms with Gasteiger partial charge in [0.25, 0.3) is 5.79 Å². The number of carbonyl (C=O) groups is 2. The molecule has 1 heterocycles. The standard InChI is InChI=1S/C11H19NO9/c1-4(14)12-7-5(15)2-11(20,10(18)19)21-9(7)8(17)6(16)3-13/h5-9,13,15-17,20H,2-3H2,1H3,(H,12,14)(H,18,19)/t5-,6+,7+,8-,9-,11+/m0/s1. The van der Waals surface area contributed by atoms with E-state index >= 15 is 0 Å². The average Bonchev–Trinajstić information content (AvgIpc) is 2.39. The number of ether oxygens (including phenoxy) is 1. The smallest absolute Gasteiger partial charge is 0.364 e. The lowest BCUT2D eigenvalue weighted by Crippen LogP contribution is -2.67. The van der Waals surface area contributed by atoms with E-state index in [9.17, 15) is 30.0 Å². The van der Waals surface area contributed by atoms with E-state index in [1.807, 2.05) is 0 Å². The molecule has 0 saturated carbocycles. The molecule has 0 unspecified atom stereocenters. The van der Waals surface area contributed by atoms with Crippen LogP contribution in [0, 0.1) is 0 Å². The van der Waals surface area contributed by atoms with Crippen molar-refractivity contribution in [2.24, 2.45) is 0 Å². The van der Waals surface area contributed by atoms with Gasteiger partial charge in [0, 0.05) is 13.3 Å². The van der Waals surface area contributed by atoms with Crippen molar-refractivity contribution < 1.29 is 45.0 Å². The molecular weight excluding hydrogens is 290 g/mol. The minimum absolute atomic E-state index is 0.598. The summed E-state index contributed by atoms with van der Waals surface area (Å²) in [5.74, 6) is -5.17. The lowest BCUT2D eigenvalue weighted by molar-refractivity contribution is -0.295. The molecule has 1 amide bonds. The van der Waals surface area contributed by atoms with Gasteiger partial charge in [-0.05, 0) is 0 Å². The highest BCUT2D eigenvalue weighted by atomic mass is 16.7. The molecule has 10 heteroatoms. The molecule has 0 aliphatic carbocycles. The van der Waals surface area contributed by atoms with Gasteiger partial charge in [-0.3, -0.25) is 4.79 Å². The molecule has 10 nitrogen and oxygen atoms in total. The largest absolute Gasteiger partial charge is 0.477 e. The maximum atomic E-state index is 11.1. The van der Waals surface area contributed by atoms with Gasteiger partial charge in [-0.15, -0.1) is 0 Å². The first kappa shape index (κ1) is 17.8. The van der Waals surface area contributed by atoms with Crippen LogP contribution in [0.4, 0.5) is 0 Å². The highest BCUT2D eigenvalue weighted by Gasteiger charge is 2.53. The van der Waals surface area contributed by atoms with Gasteiger partial charge in [0.1, 0.15) is 18.3 Å². The Hall–Kier alpha value is -1.30. The van der Waals surface area contributed by atoms with Crippen molar-refractivity contribution in [1.29, 1.82) is 0 Å². The predicted octanol–water partition coefficient (Wildman–Crippen LogP) is -3.87. The van der Waals surface area contributed by atoms with E-state index in [4.69, 9.17) is 14.9 Å². The fourth-order valence-electron chi connectivity index (χ4n) is 2.14. The summed E-state index contributed by atoms with van der Waals surface area (Å²) in [4.78, 5) is 22.1. The molecule has 0 aromatic rings. The molecular formula is C11H19NO9. The van der Waals surface area contributed by atoms with Gasteiger partial charge in [0.2, 0.25) is 5.91 Å². The van der Waals surface area contributed by atoms with Crippen LogP contribution in [-0.4, -0.2) is 85.4 Å². The van der Waals surface area contributed by atoms with E-state index in [0.717, 1.165) is 6.92 Å². The first-order valence-electron chi connectivity index (χ1n) is 6.18. The Morgan fingerprint density at radius 3 is 2.43 bits per heavy atom. The zero-order valence-electron chi connectivity index (χ0n) is 11.2. The van der Waals surface area contributed by atoms with Crippen molar-refractivity contribution in [3.05, 3.63) is 0 Å². The molecule has 122 valence electrons. The van der Waals surface area contributed by atoms with Crippen LogP contribution in [0.1, 0.15) is 13.3 Å². The summed E-state index contributed by atoms with van der Waals surface area (Å²) < 4.78 is 4.86. The Bertz CT molecular complexity index is 403. The molecule has 0 spiro atoms. The van der Waals surface area contributed by atoms with Crippen molar-refractivity contribution in [2.75, 3.05) is 6.61 Å². The van der Waals surface area contributed by atoms with Crippen molar-refractivity contribution in [3.8, 4) is 0 Å². The van der Waals surface area contributed by atoms with E-state index in [1.54, 1.807) is 0 Å². The lowest BCUT2D eigenvalue weighted by Gasteiger charge is -2.44. The monoisotopic (exact) mass is 309 g/mol. The molecule has 0 radical (unpaired) electrons. The molecule has 0 aromatic carbocycles. The summed E-state index contributed by atoms with van der Waals surface area (Å²) in [5.41, 5.74) is 0. The Balaban J connectivity index is 3.07. The van der Waals surface area contributed by atoms with Crippen LogP contribution in [0.15, 0.2) is 0 Å². The molecule has 7 N–H and O–H groups in total. The van der Waals surface area contributed by atoms with E-state index in [0.29, 0.717) is 0 Å². The summed E-state index contributed by atoms with van der Waals surface area (Å²) in [6.07, 6.45) is -7.48. The number of aliphatic hydroxyl groups excluding tert-OH is 4.